The highest BCUT2D eigenvalue weighted by Gasteiger charge is 2.22. The van der Waals surface area contributed by atoms with E-state index in [4.69, 9.17) is 11.6 Å². The summed E-state index contributed by atoms with van der Waals surface area (Å²) in [7, 11) is 0. The lowest BCUT2D eigenvalue weighted by Crippen LogP contribution is -2.28. The molecule has 0 aliphatic rings. The largest absolute Gasteiger partial charge is 0.384 e. The first kappa shape index (κ1) is 14.1. The molecule has 19 heavy (non-hydrogen) atoms. The third-order valence-electron chi connectivity index (χ3n) is 4.00. The maximum absolute atomic E-state index is 6.00. The second kappa shape index (κ2) is 5.38. The Bertz CT molecular complexity index is 576. The van der Waals surface area contributed by atoms with E-state index < -0.39 is 0 Å². The van der Waals surface area contributed by atoms with Gasteiger partial charge in [-0.2, -0.15) is 0 Å². The van der Waals surface area contributed by atoms with Gasteiger partial charge in [0.2, 0.25) is 0 Å². The highest BCUT2D eigenvalue weighted by molar-refractivity contribution is 6.31. The summed E-state index contributed by atoms with van der Waals surface area (Å²) in [5.74, 6) is 0.627. The Morgan fingerprint density at radius 2 is 2.00 bits per heavy atom. The Kier molecular flexibility index (Phi) is 4.00. The predicted octanol–water partition coefficient (Wildman–Crippen LogP) is 4.98. The van der Waals surface area contributed by atoms with E-state index in [2.05, 4.69) is 38.0 Å². The van der Waals surface area contributed by atoms with E-state index in [1.54, 1.807) is 0 Å². The van der Waals surface area contributed by atoms with E-state index >= 15 is 0 Å². The number of pyridine rings is 1. The van der Waals surface area contributed by atoms with Crippen LogP contribution in [0.2, 0.25) is 5.02 Å². The van der Waals surface area contributed by atoms with Crippen molar-refractivity contribution in [2.75, 3.05) is 11.9 Å². The lowest BCUT2D eigenvalue weighted by Gasteiger charge is -2.30. The molecule has 0 atom stereocenters. The molecule has 1 aromatic heterocycles. The van der Waals surface area contributed by atoms with E-state index in [-0.39, 0.29) is 5.41 Å². The van der Waals surface area contributed by atoms with Crippen LogP contribution in [0.3, 0.4) is 0 Å². The molecule has 2 nitrogen and oxygen atoms in total. The van der Waals surface area contributed by atoms with Gasteiger partial charge in [0.25, 0.3) is 0 Å². The van der Waals surface area contributed by atoms with Crippen LogP contribution in [-0.2, 0) is 0 Å². The van der Waals surface area contributed by atoms with Crippen LogP contribution in [0.5, 0.6) is 0 Å². The van der Waals surface area contributed by atoms with Crippen LogP contribution in [0, 0.1) is 11.3 Å². The number of benzene rings is 1. The van der Waals surface area contributed by atoms with Crippen LogP contribution < -0.4 is 5.32 Å². The summed E-state index contributed by atoms with van der Waals surface area (Å²) in [5.41, 5.74) is 2.30. The summed E-state index contributed by atoms with van der Waals surface area (Å²) in [6.45, 7) is 10.0. The Hall–Kier alpha value is -1.28. The van der Waals surface area contributed by atoms with Crippen LogP contribution in [0.15, 0.2) is 30.5 Å². The van der Waals surface area contributed by atoms with Crippen LogP contribution >= 0.6 is 11.6 Å². The highest BCUT2D eigenvalue weighted by atomic mass is 35.5. The summed E-state index contributed by atoms with van der Waals surface area (Å²) in [4.78, 5) is 4.36. The van der Waals surface area contributed by atoms with Gasteiger partial charge < -0.3 is 5.32 Å². The van der Waals surface area contributed by atoms with Crippen molar-refractivity contribution in [1.29, 1.82) is 0 Å². The molecule has 0 aliphatic carbocycles. The van der Waals surface area contributed by atoms with Crippen molar-refractivity contribution in [3.05, 3.63) is 35.5 Å². The molecule has 0 radical (unpaired) electrons. The molecule has 0 unspecified atom stereocenters. The van der Waals surface area contributed by atoms with Crippen molar-refractivity contribution in [2.45, 2.75) is 27.7 Å². The molecule has 102 valence electrons. The fourth-order valence-corrected chi connectivity index (χ4v) is 1.97. The van der Waals surface area contributed by atoms with Crippen molar-refractivity contribution >= 4 is 28.2 Å². The lowest BCUT2D eigenvalue weighted by molar-refractivity contribution is 0.270. The number of hydrogen-bond donors (Lipinski definition) is 1. The third kappa shape index (κ3) is 3.19. The summed E-state index contributed by atoms with van der Waals surface area (Å²) in [6.07, 6.45) is 1.82. The minimum atomic E-state index is 0.252. The fraction of sp³-hybridized carbons (Fsp3) is 0.438. The molecule has 0 bridgehead atoms. The van der Waals surface area contributed by atoms with Crippen LogP contribution in [-0.4, -0.2) is 11.5 Å². The SMILES string of the molecule is CC(C)C(C)(C)CNc1ccnc2cc(Cl)ccc12. The fourth-order valence-electron chi connectivity index (χ4n) is 1.80. The van der Waals surface area contributed by atoms with Gasteiger partial charge in [0, 0.05) is 28.8 Å². The zero-order chi connectivity index (χ0) is 14.0. The molecule has 0 spiro atoms. The third-order valence-corrected chi connectivity index (χ3v) is 4.24. The van der Waals surface area contributed by atoms with E-state index in [1.165, 1.54) is 0 Å². The van der Waals surface area contributed by atoms with Crippen LogP contribution in [0.4, 0.5) is 5.69 Å². The van der Waals surface area contributed by atoms with Gasteiger partial charge in [0.1, 0.15) is 0 Å². The molecule has 1 aromatic carbocycles. The lowest BCUT2D eigenvalue weighted by atomic mass is 9.81. The van der Waals surface area contributed by atoms with Gasteiger partial charge in [-0.15, -0.1) is 0 Å². The first-order valence-corrected chi connectivity index (χ1v) is 7.06. The maximum Gasteiger partial charge on any atom is 0.0737 e. The number of nitrogens with zero attached hydrogens (tertiary/aromatic N) is 1. The molecular formula is C16H21ClN2. The number of anilines is 1. The van der Waals surface area contributed by atoms with Gasteiger partial charge in [-0.1, -0.05) is 39.3 Å². The summed E-state index contributed by atoms with van der Waals surface area (Å²) in [5, 5.41) is 5.38. The Labute approximate surface area is 120 Å². The number of aromatic nitrogens is 1. The number of nitrogens with one attached hydrogen (secondary N) is 1. The number of fused-ring (bicyclic) bond motifs is 1. The van der Waals surface area contributed by atoms with Crippen LogP contribution in [0.1, 0.15) is 27.7 Å². The summed E-state index contributed by atoms with van der Waals surface area (Å²) in [6, 6.07) is 7.85. The minimum Gasteiger partial charge on any atom is -0.384 e. The number of halogens is 1. The van der Waals surface area contributed by atoms with Gasteiger partial charge in [-0.25, -0.2) is 0 Å². The number of hydrogen-bond acceptors (Lipinski definition) is 2. The van der Waals surface area contributed by atoms with E-state index in [0.29, 0.717) is 5.92 Å². The molecule has 2 aromatic rings. The van der Waals surface area contributed by atoms with Gasteiger partial charge in [-0.05, 0) is 35.6 Å². The molecule has 0 aliphatic heterocycles. The standard InChI is InChI=1S/C16H21ClN2/c1-11(2)16(3,4)10-19-14-7-8-18-15-9-12(17)5-6-13(14)15/h5-9,11H,10H2,1-4H3,(H,18,19). The molecule has 0 saturated carbocycles. The average Bonchev–Trinajstić information content (AvgIpc) is 2.35. The molecule has 3 heteroatoms. The molecule has 1 heterocycles. The summed E-state index contributed by atoms with van der Waals surface area (Å²) < 4.78 is 0. The number of rotatable bonds is 4. The second-order valence-corrected chi connectivity index (χ2v) is 6.45. The average molecular weight is 277 g/mol. The molecule has 0 saturated heterocycles. The van der Waals surface area contributed by atoms with Crippen LogP contribution in [0.25, 0.3) is 10.9 Å². The van der Waals surface area contributed by atoms with Crippen molar-refractivity contribution in [3.8, 4) is 0 Å². The molecule has 2 rings (SSSR count). The topological polar surface area (TPSA) is 24.9 Å². The quantitative estimate of drug-likeness (QED) is 0.852. The zero-order valence-electron chi connectivity index (χ0n) is 12.0. The second-order valence-electron chi connectivity index (χ2n) is 6.02. The van der Waals surface area contributed by atoms with Gasteiger partial charge >= 0.3 is 0 Å². The highest BCUT2D eigenvalue weighted by Crippen LogP contribution is 2.29. The van der Waals surface area contributed by atoms with Crippen molar-refractivity contribution in [3.63, 3.8) is 0 Å². The Morgan fingerprint density at radius 3 is 2.68 bits per heavy atom. The first-order chi connectivity index (χ1) is 8.90. The monoisotopic (exact) mass is 276 g/mol. The Morgan fingerprint density at radius 1 is 1.26 bits per heavy atom. The Balaban J connectivity index is 2.26. The first-order valence-electron chi connectivity index (χ1n) is 6.68. The molecule has 0 amide bonds. The van der Waals surface area contributed by atoms with Gasteiger partial charge in [-0.3, -0.25) is 4.98 Å². The molecule has 1 N–H and O–H groups in total. The maximum atomic E-state index is 6.00. The van der Waals surface area contributed by atoms with E-state index in [1.807, 2.05) is 30.5 Å². The van der Waals surface area contributed by atoms with E-state index in [0.717, 1.165) is 28.2 Å². The van der Waals surface area contributed by atoms with Gasteiger partial charge in [0.15, 0.2) is 0 Å². The normalized spacial score (nSPS) is 12.1. The molecular weight excluding hydrogens is 256 g/mol. The van der Waals surface area contributed by atoms with Crippen molar-refractivity contribution in [1.82, 2.24) is 4.98 Å². The molecule has 0 fully saturated rings. The minimum absolute atomic E-state index is 0.252. The summed E-state index contributed by atoms with van der Waals surface area (Å²) >= 11 is 6.00. The van der Waals surface area contributed by atoms with E-state index in [9.17, 15) is 0 Å². The zero-order valence-corrected chi connectivity index (χ0v) is 12.8. The predicted molar refractivity (Wildman–Crippen MR) is 83.9 cm³/mol. The van der Waals surface area contributed by atoms with Crippen molar-refractivity contribution < 1.29 is 0 Å². The van der Waals surface area contributed by atoms with Gasteiger partial charge in [0.05, 0.1) is 5.52 Å². The smallest absolute Gasteiger partial charge is 0.0737 e. The van der Waals surface area contributed by atoms with Crippen molar-refractivity contribution in [2.24, 2.45) is 11.3 Å².